The van der Waals surface area contributed by atoms with Crippen molar-refractivity contribution >= 4 is 11.6 Å². The van der Waals surface area contributed by atoms with E-state index in [-0.39, 0.29) is 5.91 Å². The van der Waals surface area contributed by atoms with Gasteiger partial charge in [-0.2, -0.15) is 0 Å². The molecule has 1 amide bonds. The first-order chi connectivity index (χ1) is 8.65. The number of amides is 1. The van der Waals surface area contributed by atoms with E-state index in [9.17, 15) is 4.79 Å². The number of carbonyl (C=O) groups excluding carboxylic acids is 1. The van der Waals surface area contributed by atoms with Gasteiger partial charge in [0.05, 0.1) is 0 Å². The van der Waals surface area contributed by atoms with E-state index in [0.717, 1.165) is 29.7 Å². The number of hydrogen-bond acceptors (Lipinski definition) is 2. The van der Waals surface area contributed by atoms with Crippen LogP contribution in [0.2, 0.25) is 0 Å². The summed E-state index contributed by atoms with van der Waals surface area (Å²) in [7, 11) is 0. The number of nitrogens with one attached hydrogen (secondary N) is 1. The molecule has 0 unspecified atom stereocenters. The number of benzene rings is 1. The third-order valence-electron chi connectivity index (χ3n) is 3.22. The maximum absolute atomic E-state index is 11.6. The van der Waals surface area contributed by atoms with Gasteiger partial charge < -0.3 is 11.1 Å². The van der Waals surface area contributed by atoms with Crippen molar-refractivity contribution in [1.82, 2.24) is 5.32 Å². The Morgan fingerprint density at radius 2 is 2.06 bits per heavy atom. The lowest BCUT2D eigenvalue weighted by Gasteiger charge is -2.09. The summed E-state index contributed by atoms with van der Waals surface area (Å²) in [6, 6.07) is 5.81. The van der Waals surface area contributed by atoms with E-state index in [4.69, 9.17) is 5.73 Å². The van der Waals surface area contributed by atoms with Gasteiger partial charge in [0.25, 0.3) is 0 Å². The van der Waals surface area contributed by atoms with Gasteiger partial charge in [-0.05, 0) is 30.5 Å². The molecule has 1 aromatic rings. The molecular formula is C15H24N2O. The fourth-order valence-corrected chi connectivity index (χ4v) is 1.89. The maximum atomic E-state index is 11.6. The molecule has 100 valence electrons. The Balaban J connectivity index is 2.32. The number of nitrogen functional groups attached to an aromatic ring is 1. The zero-order valence-electron chi connectivity index (χ0n) is 11.5. The van der Waals surface area contributed by atoms with Crippen molar-refractivity contribution in [2.75, 3.05) is 5.73 Å². The van der Waals surface area contributed by atoms with Crippen LogP contribution in [0.1, 0.15) is 50.2 Å². The Kier molecular flexibility index (Phi) is 6.26. The molecule has 0 saturated heterocycles. The van der Waals surface area contributed by atoms with Crippen molar-refractivity contribution in [3.8, 4) is 0 Å². The molecule has 3 nitrogen and oxygen atoms in total. The highest BCUT2D eigenvalue weighted by molar-refractivity contribution is 5.75. The quantitative estimate of drug-likeness (QED) is 0.575. The van der Waals surface area contributed by atoms with E-state index in [1.807, 2.05) is 25.1 Å². The summed E-state index contributed by atoms with van der Waals surface area (Å²) >= 11 is 0. The molecule has 0 heterocycles. The van der Waals surface area contributed by atoms with Crippen molar-refractivity contribution < 1.29 is 4.79 Å². The summed E-state index contributed by atoms with van der Waals surface area (Å²) in [4.78, 5) is 11.6. The van der Waals surface area contributed by atoms with Gasteiger partial charge >= 0.3 is 0 Å². The van der Waals surface area contributed by atoms with Crippen LogP contribution in [-0.2, 0) is 11.3 Å². The van der Waals surface area contributed by atoms with Crippen molar-refractivity contribution in [2.24, 2.45) is 0 Å². The molecule has 0 saturated carbocycles. The third kappa shape index (κ3) is 4.78. The molecule has 0 aliphatic rings. The second-order valence-electron chi connectivity index (χ2n) is 4.72. The summed E-state index contributed by atoms with van der Waals surface area (Å²) in [5, 5.41) is 2.95. The predicted molar refractivity (Wildman–Crippen MR) is 76.2 cm³/mol. The van der Waals surface area contributed by atoms with E-state index < -0.39 is 0 Å². The minimum absolute atomic E-state index is 0.132. The third-order valence-corrected chi connectivity index (χ3v) is 3.22. The van der Waals surface area contributed by atoms with E-state index in [2.05, 4.69) is 12.2 Å². The molecule has 18 heavy (non-hydrogen) atoms. The molecule has 1 aromatic carbocycles. The van der Waals surface area contributed by atoms with Gasteiger partial charge in [-0.3, -0.25) is 4.79 Å². The first-order valence-corrected chi connectivity index (χ1v) is 6.75. The smallest absolute Gasteiger partial charge is 0.220 e. The standard InChI is InChI=1S/C15H24N2O/c1-3-4-5-6-10-15(18)17-11-13-8-7-9-14(16)12(13)2/h7-9H,3-6,10-11,16H2,1-2H3,(H,17,18). The van der Waals surface area contributed by atoms with Gasteiger partial charge in [0.1, 0.15) is 0 Å². The first kappa shape index (κ1) is 14.6. The molecule has 1 rings (SSSR count). The Labute approximate surface area is 110 Å². The van der Waals surface area contributed by atoms with Crippen molar-refractivity contribution in [3.63, 3.8) is 0 Å². The Bertz CT molecular complexity index is 388. The molecule has 0 atom stereocenters. The van der Waals surface area contributed by atoms with Gasteiger partial charge in [0.2, 0.25) is 5.91 Å². The van der Waals surface area contributed by atoms with Crippen LogP contribution in [0, 0.1) is 6.92 Å². The number of rotatable bonds is 7. The Morgan fingerprint density at radius 3 is 2.78 bits per heavy atom. The van der Waals surface area contributed by atoms with E-state index >= 15 is 0 Å². The second kappa shape index (κ2) is 7.75. The molecule has 0 bridgehead atoms. The Hall–Kier alpha value is -1.51. The highest BCUT2D eigenvalue weighted by Crippen LogP contribution is 2.15. The lowest BCUT2D eigenvalue weighted by Crippen LogP contribution is -2.22. The molecule has 0 radical (unpaired) electrons. The van der Waals surface area contributed by atoms with Crippen LogP contribution < -0.4 is 11.1 Å². The molecule has 3 N–H and O–H groups in total. The van der Waals surface area contributed by atoms with Crippen LogP contribution in [0.3, 0.4) is 0 Å². The molecule has 0 fully saturated rings. The SMILES string of the molecule is CCCCCCC(=O)NCc1cccc(N)c1C. The molecule has 0 aliphatic carbocycles. The van der Waals surface area contributed by atoms with Gasteiger partial charge in [-0.1, -0.05) is 38.3 Å². The average Bonchev–Trinajstić information content (AvgIpc) is 2.36. The van der Waals surface area contributed by atoms with E-state index in [0.29, 0.717) is 13.0 Å². The van der Waals surface area contributed by atoms with Crippen LogP contribution >= 0.6 is 0 Å². The van der Waals surface area contributed by atoms with Gasteiger partial charge in [0, 0.05) is 18.7 Å². The number of anilines is 1. The lowest BCUT2D eigenvalue weighted by molar-refractivity contribution is -0.121. The van der Waals surface area contributed by atoms with Gasteiger partial charge in [0.15, 0.2) is 0 Å². The topological polar surface area (TPSA) is 55.1 Å². The van der Waals surface area contributed by atoms with Crippen molar-refractivity contribution in [1.29, 1.82) is 0 Å². The van der Waals surface area contributed by atoms with Gasteiger partial charge in [-0.15, -0.1) is 0 Å². The molecule has 0 aromatic heterocycles. The zero-order valence-corrected chi connectivity index (χ0v) is 11.5. The van der Waals surface area contributed by atoms with Crippen LogP contribution in [0.5, 0.6) is 0 Å². The molecular weight excluding hydrogens is 224 g/mol. The van der Waals surface area contributed by atoms with Crippen LogP contribution in [-0.4, -0.2) is 5.91 Å². The summed E-state index contributed by atoms with van der Waals surface area (Å²) < 4.78 is 0. The highest BCUT2D eigenvalue weighted by Gasteiger charge is 2.04. The summed E-state index contributed by atoms with van der Waals surface area (Å²) in [6.45, 7) is 4.73. The predicted octanol–water partition coefficient (Wildman–Crippen LogP) is 3.16. The fraction of sp³-hybridized carbons (Fsp3) is 0.533. The van der Waals surface area contributed by atoms with Gasteiger partial charge in [-0.25, -0.2) is 0 Å². The number of carbonyl (C=O) groups is 1. The second-order valence-corrected chi connectivity index (χ2v) is 4.72. The Morgan fingerprint density at radius 1 is 1.28 bits per heavy atom. The highest BCUT2D eigenvalue weighted by atomic mass is 16.1. The summed E-state index contributed by atoms with van der Waals surface area (Å²) in [5.74, 6) is 0.132. The normalized spacial score (nSPS) is 10.3. The summed E-state index contributed by atoms with van der Waals surface area (Å²) in [6.07, 6.45) is 5.16. The van der Waals surface area contributed by atoms with Crippen molar-refractivity contribution in [3.05, 3.63) is 29.3 Å². The van der Waals surface area contributed by atoms with Crippen LogP contribution in [0.25, 0.3) is 0 Å². The number of hydrogen-bond donors (Lipinski definition) is 2. The van der Waals surface area contributed by atoms with E-state index in [1.165, 1.54) is 12.8 Å². The first-order valence-electron chi connectivity index (χ1n) is 6.75. The molecule has 0 spiro atoms. The number of unbranched alkanes of at least 4 members (excludes halogenated alkanes) is 3. The molecule has 0 aliphatic heterocycles. The fourth-order valence-electron chi connectivity index (χ4n) is 1.89. The van der Waals surface area contributed by atoms with E-state index in [1.54, 1.807) is 0 Å². The summed E-state index contributed by atoms with van der Waals surface area (Å²) in [5.41, 5.74) is 8.76. The monoisotopic (exact) mass is 248 g/mol. The van der Waals surface area contributed by atoms with Crippen molar-refractivity contribution in [2.45, 2.75) is 52.5 Å². The zero-order chi connectivity index (χ0) is 13.4. The molecule has 3 heteroatoms. The minimum atomic E-state index is 0.132. The van der Waals surface area contributed by atoms with Crippen LogP contribution in [0.15, 0.2) is 18.2 Å². The largest absolute Gasteiger partial charge is 0.399 e. The maximum Gasteiger partial charge on any atom is 0.220 e. The lowest BCUT2D eigenvalue weighted by atomic mass is 10.1. The van der Waals surface area contributed by atoms with Crippen LogP contribution in [0.4, 0.5) is 5.69 Å². The number of nitrogens with two attached hydrogens (primary N) is 1. The average molecular weight is 248 g/mol. The minimum Gasteiger partial charge on any atom is -0.399 e.